The fourth-order valence-electron chi connectivity index (χ4n) is 10.9. The van der Waals surface area contributed by atoms with Gasteiger partial charge < -0.3 is 35.6 Å². The summed E-state index contributed by atoms with van der Waals surface area (Å²) in [5, 5.41) is 19.2. The molecule has 82 heavy (non-hydrogen) atoms. The van der Waals surface area contributed by atoms with Crippen molar-refractivity contribution < 1.29 is 24.0 Å². The number of allylic oxidation sites excluding steroid dienone is 2. The molecule has 6 aromatic rings. The molecule has 10 rings (SSSR count). The summed E-state index contributed by atoms with van der Waals surface area (Å²) in [6, 6.07) is 30.6. The molecule has 4 atom stereocenters. The molecule has 2 aromatic heterocycles. The molecule has 18 heteroatoms. The number of hydrogen-bond donors (Lipinski definition) is 3. The first-order chi connectivity index (χ1) is 38.2. The van der Waals surface area contributed by atoms with Crippen molar-refractivity contribution in [3.8, 4) is 0 Å². The number of nitrogens with zero attached hydrogens (tertiary/aromatic N) is 7. The zero-order chi connectivity index (χ0) is 56.7. The van der Waals surface area contributed by atoms with Crippen LogP contribution in [0.4, 0.5) is 32.9 Å². The van der Waals surface area contributed by atoms with Crippen LogP contribution in [0.25, 0.3) is 11.1 Å². The van der Waals surface area contributed by atoms with Crippen molar-refractivity contribution in [2.45, 2.75) is 169 Å². The summed E-state index contributed by atoms with van der Waals surface area (Å²) < 4.78 is 11.6. The smallest absolute Gasteiger partial charge is 0.410 e. The van der Waals surface area contributed by atoms with Crippen LogP contribution in [-0.4, -0.2) is 82.2 Å². The number of nitro benzene ring substituents is 1. The normalized spacial score (nSPS) is 18.0. The van der Waals surface area contributed by atoms with Crippen LogP contribution < -0.4 is 16.4 Å². The standard InChI is InChI=1S/C31H34ClN5O4.C31H36ClN5O2.2CH4/c1-31(2,3)41-30(38)36(19-20-11-14-23(15-12-20)37(39)40)24-9-6-8-22(17-24)34-29-33-18-27(32)28(35-29)26-16-13-21-7-4-5-10-25(21)26;1-31(2,3)39-30(38)37(19-20-11-14-22(33)15-12-20)24-9-6-8-23(17-24)35-29-34-18-27(32)28(36-29)26-16-13-21-7-4-5-10-25(21)26;;/h4-5,7,10-12,14-16,18,22,24H,6,8-9,13,17,19H2,1-3H3,(H,33,34,35);4-5,7,10-12,14-16,18,23-24H,6,8-9,13,17,19,33H2,1-3H3,(H,34,35,36);2*1H4/t22-,24+;23-,24+;;/m11../s1. The summed E-state index contributed by atoms with van der Waals surface area (Å²) in [7, 11) is 0. The highest BCUT2D eigenvalue weighted by atomic mass is 35.5. The first-order valence-electron chi connectivity index (χ1n) is 27.5. The number of fused-ring (bicyclic) bond motifs is 2. The second kappa shape index (κ2) is 27.0. The molecule has 4 aromatic carbocycles. The number of carbonyl (C=O) groups is 2. The third-order valence-electron chi connectivity index (χ3n) is 14.6. The number of nitro groups is 1. The first kappa shape index (κ1) is 62.0. The van der Waals surface area contributed by atoms with Crippen LogP contribution in [0.1, 0.15) is 153 Å². The molecule has 2 heterocycles. The molecule has 4 N–H and O–H groups in total. The Hall–Kier alpha value is -7.56. The van der Waals surface area contributed by atoms with E-state index >= 15 is 0 Å². The fourth-order valence-corrected chi connectivity index (χ4v) is 11.2. The fraction of sp³-hybridized carbons (Fsp3) is 0.406. The monoisotopic (exact) mass is 1150 g/mol. The van der Waals surface area contributed by atoms with Gasteiger partial charge in [0.25, 0.3) is 5.69 Å². The zero-order valence-electron chi connectivity index (χ0n) is 46.3. The molecule has 4 aliphatic rings. The highest BCUT2D eigenvalue weighted by molar-refractivity contribution is 6.32. The molecule has 0 aliphatic heterocycles. The Kier molecular flexibility index (Phi) is 20.4. The second-order valence-electron chi connectivity index (χ2n) is 22.9. The lowest BCUT2D eigenvalue weighted by atomic mass is 9.90. The van der Waals surface area contributed by atoms with Gasteiger partial charge in [-0.15, -0.1) is 0 Å². The summed E-state index contributed by atoms with van der Waals surface area (Å²) in [6.07, 6.45) is 15.6. The number of nitrogen functional groups attached to an aromatic ring is 1. The van der Waals surface area contributed by atoms with E-state index in [0.717, 1.165) is 96.9 Å². The minimum absolute atomic E-state index is 0. The largest absolute Gasteiger partial charge is 0.444 e. The van der Waals surface area contributed by atoms with Crippen molar-refractivity contribution in [3.63, 3.8) is 0 Å². The van der Waals surface area contributed by atoms with Crippen LogP contribution >= 0.6 is 23.2 Å². The van der Waals surface area contributed by atoms with E-state index in [1.54, 1.807) is 29.4 Å². The minimum Gasteiger partial charge on any atom is -0.444 e. The highest BCUT2D eigenvalue weighted by Gasteiger charge is 2.35. The van der Waals surface area contributed by atoms with E-state index in [1.165, 1.54) is 23.3 Å². The number of halogens is 2. The lowest BCUT2D eigenvalue weighted by Gasteiger charge is -2.38. The number of carbonyl (C=O) groups excluding carboxylic acids is 2. The lowest BCUT2D eigenvalue weighted by molar-refractivity contribution is -0.384. The number of rotatable bonds is 13. The Balaban J connectivity index is 0.000000231. The summed E-state index contributed by atoms with van der Waals surface area (Å²) in [5.41, 5.74) is 15.5. The molecule has 0 bridgehead atoms. The Bertz CT molecular complexity index is 3270. The number of anilines is 3. The van der Waals surface area contributed by atoms with Gasteiger partial charge in [-0.1, -0.05) is 123 Å². The molecule has 0 radical (unpaired) electrons. The zero-order valence-corrected chi connectivity index (χ0v) is 47.8. The molecule has 4 aliphatic carbocycles. The first-order valence-corrected chi connectivity index (χ1v) is 28.2. The van der Waals surface area contributed by atoms with E-state index in [-0.39, 0.29) is 50.8 Å². The Morgan fingerprint density at radius 2 is 1.04 bits per heavy atom. The van der Waals surface area contributed by atoms with Crippen molar-refractivity contribution >= 4 is 69.8 Å². The van der Waals surface area contributed by atoms with E-state index in [0.29, 0.717) is 52.8 Å². The molecule has 2 amide bonds. The summed E-state index contributed by atoms with van der Waals surface area (Å²) in [5.74, 6) is 1.05. The second-order valence-corrected chi connectivity index (χ2v) is 23.8. The third kappa shape index (κ3) is 15.9. The number of hydrogen-bond acceptors (Lipinski definition) is 13. The maximum atomic E-state index is 13.4. The van der Waals surface area contributed by atoms with Crippen molar-refractivity contribution in [2.75, 3.05) is 16.4 Å². The van der Waals surface area contributed by atoms with Crippen molar-refractivity contribution in [1.82, 2.24) is 29.7 Å². The van der Waals surface area contributed by atoms with E-state index in [9.17, 15) is 19.7 Å². The number of ether oxygens (including phenoxy) is 2. The molecule has 16 nitrogen and oxygen atoms in total. The van der Waals surface area contributed by atoms with Crippen molar-refractivity contribution in [1.29, 1.82) is 0 Å². The Morgan fingerprint density at radius 1 is 0.634 bits per heavy atom. The van der Waals surface area contributed by atoms with Crippen molar-refractivity contribution in [2.24, 2.45) is 0 Å². The predicted octanol–water partition coefficient (Wildman–Crippen LogP) is 15.3. The van der Waals surface area contributed by atoms with Gasteiger partial charge in [0.05, 0.1) is 38.8 Å². The Morgan fingerprint density at radius 3 is 1.44 bits per heavy atom. The van der Waals surface area contributed by atoms with Gasteiger partial charge in [-0.3, -0.25) is 10.1 Å². The molecular weight excluding hydrogens is 1080 g/mol. The predicted molar refractivity (Wildman–Crippen MR) is 329 cm³/mol. The van der Waals surface area contributed by atoms with Crippen LogP contribution in [0, 0.1) is 10.1 Å². The van der Waals surface area contributed by atoms with Gasteiger partial charge in [-0.25, -0.2) is 29.5 Å². The lowest BCUT2D eigenvalue weighted by Crippen LogP contribution is -2.47. The third-order valence-corrected chi connectivity index (χ3v) is 15.1. The number of nitrogens with one attached hydrogen (secondary N) is 2. The molecule has 2 saturated carbocycles. The van der Waals surface area contributed by atoms with Crippen LogP contribution in [-0.2, 0) is 35.4 Å². The summed E-state index contributed by atoms with van der Waals surface area (Å²) >= 11 is 13.1. The van der Waals surface area contributed by atoms with E-state index in [2.05, 4.69) is 63.1 Å². The van der Waals surface area contributed by atoms with Crippen LogP contribution in [0.3, 0.4) is 0 Å². The molecule has 0 saturated heterocycles. The molecular formula is C64H78Cl2N10O6. The summed E-state index contributed by atoms with van der Waals surface area (Å²) in [4.78, 5) is 59.6. The SMILES string of the molecule is C.C.CC(C)(C)OC(=O)N(Cc1ccc(N)cc1)[C@H]1CCC[C@@H](Nc2ncc(Cl)c(C3=CCc4ccccc43)n2)C1.CC(C)(C)OC(=O)N(Cc1ccc([N+](=O)[O-])cc1)[C@H]1CCC[C@@H](Nc2ncc(Cl)c(C3=CCc4ccccc43)n2)C1. The molecule has 434 valence electrons. The topological polar surface area (TPSA) is 204 Å². The molecule has 0 unspecified atom stereocenters. The number of nitrogens with two attached hydrogens (primary N) is 1. The van der Waals surface area contributed by atoms with Crippen LogP contribution in [0.15, 0.2) is 122 Å². The maximum absolute atomic E-state index is 13.4. The summed E-state index contributed by atoms with van der Waals surface area (Å²) in [6.45, 7) is 12.0. The number of aromatic nitrogens is 4. The van der Waals surface area contributed by atoms with Gasteiger partial charge in [-0.05, 0) is 151 Å². The Labute approximate surface area is 493 Å². The van der Waals surface area contributed by atoms with Crippen LogP contribution in [0.5, 0.6) is 0 Å². The van der Waals surface area contributed by atoms with Gasteiger partial charge in [0.1, 0.15) is 11.2 Å². The van der Waals surface area contributed by atoms with Gasteiger partial charge in [0.2, 0.25) is 11.9 Å². The van der Waals surface area contributed by atoms with Gasteiger partial charge in [0.15, 0.2) is 0 Å². The minimum atomic E-state index is -0.655. The van der Waals surface area contributed by atoms with Gasteiger partial charge >= 0.3 is 12.2 Å². The average molecular weight is 1150 g/mol. The van der Waals surface area contributed by atoms with Gasteiger partial charge in [-0.2, -0.15) is 0 Å². The van der Waals surface area contributed by atoms with E-state index in [1.807, 2.05) is 88.9 Å². The van der Waals surface area contributed by atoms with Crippen molar-refractivity contribution in [3.05, 3.63) is 187 Å². The van der Waals surface area contributed by atoms with E-state index in [4.69, 9.17) is 48.4 Å². The molecule has 0 spiro atoms. The number of benzene rings is 4. The highest BCUT2D eigenvalue weighted by Crippen LogP contribution is 2.38. The molecule has 2 fully saturated rings. The van der Waals surface area contributed by atoms with Crippen LogP contribution in [0.2, 0.25) is 10.0 Å². The maximum Gasteiger partial charge on any atom is 0.410 e. The quantitative estimate of drug-likeness (QED) is 0.0560. The van der Waals surface area contributed by atoms with Gasteiger partial charge in [0, 0.05) is 66.2 Å². The number of amides is 2. The van der Waals surface area contributed by atoms with E-state index < -0.39 is 22.2 Å². The average Bonchev–Trinajstić information content (AvgIpc) is 4.23. The number of non-ortho nitro benzene ring substituents is 1.